The number of aliphatic carboxylic acids is 1. The Bertz CT molecular complexity index is 197. The van der Waals surface area contributed by atoms with Crippen LogP contribution in [0.25, 0.3) is 0 Å². The molecule has 1 fully saturated rings. The molecule has 1 saturated carbocycles. The molecule has 3 heteroatoms. The molecule has 0 spiro atoms. The molecule has 13 heavy (non-hydrogen) atoms. The van der Waals surface area contributed by atoms with Crippen LogP contribution in [-0.4, -0.2) is 17.1 Å². The third kappa shape index (κ3) is 2.99. The summed E-state index contributed by atoms with van der Waals surface area (Å²) in [4.78, 5) is 10.5. The molecular formula is C10H19NO2. The summed E-state index contributed by atoms with van der Waals surface area (Å²) in [5.74, 6) is -0.0832. The van der Waals surface area contributed by atoms with Gasteiger partial charge in [0.25, 0.3) is 0 Å². The van der Waals surface area contributed by atoms with Gasteiger partial charge in [-0.3, -0.25) is 4.79 Å². The van der Waals surface area contributed by atoms with Crippen molar-refractivity contribution in [3.63, 3.8) is 0 Å². The Labute approximate surface area is 79.3 Å². The molecule has 0 amide bonds. The van der Waals surface area contributed by atoms with Crippen molar-refractivity contribution < 1.29 is 9.90 Å². The lowest BCUT2D eigenvalue weighted by Gasteiger charge is -2.24. The van der Waals surface area contributed by atoms with Gasteiger partial charge in [-0.1, -0.05) is 13.8 Å². The molecule has 0 heterocycles. The van der Waals surface area contributed by atoms with E-state index in [-0.39, 0.29) is 5.41 Å². The lowest BCUT2D eigenvalue weighted by atomic mass is 9.81. The molecule has 0 aromatic carbocycles. The van der Waals surface area contributed by atoms with E-state index in [2.05, 4.69) is 13.8 Å². The van der Waals surface area contributed by atoms with Crippen LogP contribution in [0.1, 0.15) is 39.5 Å². The van der Waals surface area contributed by atoms with Crippen molar-refractivity contribution in [1.82, 2.24) is 0 Å². The Balaban J connectivity index is 2.28. The van der Waals surface area contributed by atoms with Crippen molar-refractivity contribution in [2.24, 2.45) is 17.1 Å². The van der Waals surface area contributed by atoms with Gasteiger partial charge in [0.05, 0.1) is 0 Å². The number of rotatable bonds is 5. The van der Waals surface area contributed by atoms with Gasteiger partial charge in [0.1, 0.15) is 6.04 Å². The fourth-order valence-corrected chi connectivity index (χ4v) is 1.72. The summed E-state index contributed by atoms with van der Waals surface area (Å²) in [5.41, 5.74) is 5.73. The third-order valence-electron chi connectivity index (χ3n) is 3.10. The zero-order chi connectivity index (χ0) is 10.1. The van der Waals surface area contributed by atoms with E-state index >= 15 is 0 Å². The van der Waals surface area contributed by atoms with Crippen LogP contribution in [0, 0.1) is 11.3 Å². The van der Waals surface area contributed by atoms with Crippen LogP contribution in [-0.2, 0) is 4.79 Å². The average molecular weight is 185 g/mol. The maximum absolute atomic E-state index is 10.5. The summed E-state index contributed by atoms with van der Waals surface area (Å²) < 4.78 is 0. The number of hydrogen-bond donors (Lipinski definition) is 2. The summed E-state index contributed by atoms with van der Waals surface area (Å²) in [5, 5.41) is 8.61. The molecular weight excluding hydrogens is 166 g/mol. The molecule has 0 aromatic heterocycles. The van der Waals surface area contributed by atoms with Crippen LogP contribution < -0.4 is 5.73 Å². The van der Waals surface area contributed by atoms with Crippen molar-refractivity contribution in [3.05, 3.63) is 0 Å². The first-order chi connectivity index (χ1) is 5.93. The van der Waals surface area contributed by atoms with Gasteiger partial charge in [0.15, 0.2) is 0 Å². The Hall–Kier alpha value is -0.570. The van der Waals surface area contributed by atoms with E-state index in [4.69, 9.17) is 10.8 Å². The summed E-state index contributed by atoms with van der Waals surface area (Å²) in [6.07, 6.45) is 4.12. The molecule has 3 nitrogen and oxygen atoms in total. The van der Waals surface area contributed by atoms with E-state index in [1.807, 2.05) is 0 Å². The molecule has 0 aliphatic heterocycles. The lowest BCUT2D eigenvalue weighted by Crippen LogP contribution is -2.31. The Kier molecular flexibility index (Phi) is 2.96. The maximum Gasteiger partial charge on any atom is 0.320 e. The first-order valence-electron chi connectivity index (χ1n) is 4.92. The van der Waals surface area contributed by atoms with E-state index < -0.39 is 12.0 Å². The largest absolute Gasteiger partial charge is 0.480 e. The fourth-order valence-electron chi connectivity index (χ4n) is 1.72. The zero-order valence-corrected chi connectivity index (χ0v) is 8.42. The first-order valence-corrected chi connectivity index (χ1v) is 4.92. The van der Waals surface area contributed by atoms with Crippen LogP contribution in [0.5, 0.6) is 0 Å². The average Bonchev–Trinajstić information content (AvgIpc) is 2.81. The van der Waals surface area contributed by atoms with Crippen LogP contribution in [0.3, 0.4) is 0 Å². The maximum atomic E-state index is 10.5. The van der Waals surface area contributed by atoms with Crippen LogP contribution in [0.2, 0.25) is 0 Å². The third-order valence-corrected chi connectivity index (χ3v) is 3.10. The van der Waals surface area contributed by atoms with Gasteiger partial charge in [-0.15, -0.1) is 0 Å². The van der Waals surface area contributed by atoms with Gasteiger partial charge in [-0.2, -0.15) is 0 Å². The number of carbonyl (C=O) groups is 1. The molecule has 1 rings (SSSR count). The molecule has 3 N–H and O–H groups in total. The fraction of sp³-hybridized carbons (Fsp3) is 0.900. The zero-order valence-electron chi connectivity index (χ0n) is 8.42. The van der Waals surface area contributed by atoms with E-state index in [0.717, 1.165) is 12.3 Å². The highest BCUT2D eigenvalue weighted by Crippen LogP contribution is 2.47. The number of carboxylic acids is 1. The molecule has 0 unspecified atom stereocenters. The molecule has 0 aromatic rings. The van der Waals surface area contributed by atoms with Gasteiger partial charge in [0, 0.05) is 0 Å². The van der Waals surface area contributed by atoms with Gasteiger partial charge in [-0.25, -0.2) is 0 Å². The highest BCUT2D eigenvalue weighted by Gasteiger charge is 2.37. The minimum absolute atomic E-state index is 0.285. The quantitative estimate of drug-likeness (QED) is 0.684. The standard InChI is InChI=1S/C10H19NO2/c1-10(2,7-3-4-7)6-5-8(11)9(12)13/h7-8H,3-6,11H2,1-2H3,(H,12,13)/t8-/m0/s1. The van der Waals surface area contributed by atoms with Crippen molar-refractivity contribution in [3.8, 4) is 0 Å². The second kappa shape index (κ2) is 3.66. The molecule has 0 saturated heterocycles. The van der Waals surface area contributed by atoms with E-state index in [9.17, 15) is 4.79 Å². The SMILES string of the molecule is CC(C)(CC[C@H](N)C(=O)O)C1CC1. The van der Waals surface area contributed by atoms with Gasteiger partial charge >= 0.3 is 5.97 Å². The van der Waals surface area contributed by atoms with Crippen molar-refractivity contribution in [2.75, 3.05) is 0 Å². The molecule has 76 valence electrons. The second-order valence-electron chi connectivity index (χ2n) is 4.75. The molecule has 0 bridgehead atoms. The van der Waals surface area contributed by atoms with Crippen molar-refractivity contribution >= 4 is 5.97 Å². The highest BCUT2D eigenvalue weighted by molar-refractivity contribution is 5.72. The van der Waals surface area contributed by atoms with Crippen molar-refractivity contribution in [2.45, 2.75) is 45.6 Å². The molecule has 1 aliphatic rings. The monoisotopic (exact) mass is 185 g/mol. The summed E-state index contributed by atoms with van der Waals surface area (Å²) in [7, 11) is 0. The van der Waals surface area contributed by atoms with E-state index in [1.165, 1.54) is 12.8 Å². The molecule has 0 radical (unpaired) electrons. The van der Waals surface area contributed by atoms with Crippen LogP contribution in [0.4, 0.5) is 0 Å². The van der Waals surface area contributed by atoms with Gasteiger partial charge in [-0.05, 0) is 37.0 Å². The summed E-state index contributed by atoms with van der Waals surface area (Å²) in [6, 6.07) is -0.682. The second-order valence-corrected chi connectivity index (χ2v) is 4.75. The smallest absolute Gasteiger partial charge is 0.320 e. The predicted molar refractivity (Wildman–Crippen MR) is 51.4 cm³/mol. The molecule has 1 aliphatic carbocycles. The highest BCUT2D eigenvalue weighted by atomic mass is 16.4. The normalized spacial score (nSPS) is 19.9. The molecule has 1 atom stereocenters. The van der Waals surface area contributed by atoms with Crippen molar-refractivity contribution in [1.29, 1.82) is 0 Å². The van der Waals surface area contributed by atoms with E-state index in [1.54, 1.807) is 0 Å². The minimum atomic E-state index is -0.883. The van der Waals surface area contributed by atoms with Crippen LogP contribution >= 0.6 is 0 Å². The first kappa shape index (κ1) is 10.5. The Morgan fingerprint density at radius 3 is 2.54 bits per heavy atom. The number of carboxylic acid groups (broad SMARTS) is 1. The number of hydrogen-bond acceptors (Lipinski definition) is 2. The summed E-state index contributed by atoms with van der Waals surface area (Å²) >= 11 is 0. The lowest BCUT2D eigenvalue weighted by molar-refractivity contribution is -0.138. The minimum Gasteiger partial charge on any atom is -0.480 e. The Morgan fingerprint density at radius 1 is 1.62 bits per heavy atom. The van der Waals surface area contributed by atoms with Gasteiger partial charge < -0.3 is 10.8 Å². The van der Waals surface area contributed by atoms with Gasteiger partial charge in [0.2, 0.25) is 0 Å². The van der Waals surface area contributed by atoms with Crippen LogP contribution in [0.15, 0.2) is 0 Å². The number of nitrogens with two attached hydrogens (primary N) is 1. The Morgan fingerprint density at radius 2 is 2.15 bits per heavy atom. The van der Waals surface area contributed by atoms with E-state index in [0.29, 0.717) is 6.42 Å². The predicted octanol–water partition coefficient (Wildman–Crippen LogP) is 1.61. The summed E-state index contributed by atoms with van der Waals surface area (Å²) in [6.45, 7) is 4.42. The topological polar surface area (TPSA) is 63.3 Å².